The van der Waals surface area contributed by atoms with Crippen LogP contribution in [0.1, 0.15) is 11.1 Å². The third kappa shape index (κ3) is 5.55. The quantitative estimate of drug-likeness (QED) is 0.143. The van der Waals surface area contributed by atoms with Crippen molar-refractivity contribution in [2.75, 3.05) is 28.2 Å². The van der Waals surface area contributed by atoms with E-state index in [0.29, 0.717) is 0 Å². The van der Waals surface area contributed by atoms with E-state index in [4.69, 9.17) is 9.98 Å². The van der Waals surface area contributed by atoms with Gasteiger partial charge < -0.3 is 0 Å². The van der Waals surface area contributed by atoms with Crippen molar-refractivity contribution in [3.8, 4) is 0 Å². The fourth-order valence-electron chi connectivity index (χ4n) is 4.16. The number of nitrogens with zero attached hydrogens (tertiary/aromatic N) is 6. The van der Waals surface area contributed by atoms with Gasteiger partial charge in [-0.25, -0.2) is 9.98 Å². The number of aliphatic imine (C=N–C) groups is 2. The van der Waals surface area contributed by atoms with Crippen molar-refractivity contribution in [3.05, 3.63) is 132 Å². The Kier molecular flexibility index (Phi) is 8.26. The summed E-state index contributed by atoms with van der Waals surface area (Å²) < 4.78 is 9.59. The van der Waals surface area contributed by atoms with Gasteiger partial charge in [-0.05, 0) is 52.5 Å². The van der Waals surface area contributed by atoms with Crippen molar-refractivity contribution in [1.29, 1.82) is 0 Å². The molecule has 0 aliphatic carbocycles. The molecule has 5 rings (SSSR count). The van der Waals surface area contributed by atoms with Crippen LogP contribution in [-0.4, -0.2) is 58.1 Å². The van der Waals surface area contributed by atoms with Gasteiger partial charge >= 0.3 is 0 Å². The molecule has 192 valence electrons. The number of hydrogen-bond acceptors (Lipinski definition) is 4. The first-order valence-electron chi connectivity index (χ1n) is 12.5. The van der Waals surface area contributed by atoms with Crippen LogP contribution in [0.5, 0.6) is 0 Å². The highest BCUT2D eigenvalue weighted by Gasteiger charge is 2.54. The molecule has 0 bridgehead atoms. The largest absolute Gasteiger partial charge is 0.253 e. The summed E-state index contributed by atoms with van der Waals surface area (Å²) >= 11 is 0. The molecule has 4 aromatic rings. The van der Waals surface area contributed by atoms with E-state index in [9.17, 15) is 0 Å². The van der Waals surface area contributed by atoms with E-state index in [-0.39, 0.29) is 0 Å². The van der Waals surface area contributed by atoms with Crippen LogP contribution in [0.15, 0.2) is 131 Å². The van der Waals surface area contributed by atoms with Crippen LogP contribution in [0.2, 0.25) is 0 Å². The first-order chi connectivity index (χ1) is 18.5. The summed E-state index contributed by atoms with van der Waals surface area (Å²) in [6.45, 7) is 0. The van der Waals surface area contributed by atoms with Crippen molar-refractivity contribution in [2.45, 2.75) is 0 Å². The zero-order valence-electron chi connectivity index (χ0n) is 22.1. The van der Waals surface area contributed by atoms with E-state index in [2.05, 4.69) is 131 Å². The van der Waals surface area contributed by atoms with Crippen molar-refractivity contribution in [2.24, 2.45) is 9.98 Å². The normalized spacial score (nSPS) is 18.2. The van der Waals surface area contributed by atoms with Crippen molar-refractivity contribution in [1.82, 2.24) is 18.2 Å². The van der Waals surface area contributed by atoms with Crippen molar-refractivity contribution < 1.29 is 0 Å². The van der Waals surface area contributed by atoms with Crippen LogP contribution in [-0.2, 0) is 0 Å². The molecule has 0 amide bonds. The summed E-state index contributed by atoms with van der Waals surface area (Å²) in [5, 5.41) is 0. The van der Waals surface area contributed by atoms with Crippen LogP contribution in [0.25, 0.3) is 0 Å². The Bertz CT molecular complexity index is 1260. The minimum atomic E-state index is -0.948. The van der Waals surface area contributed by atoms with E-state index in [0.717, 1.165) is 34.2 Å². The maximum Gasteiger partial charge on any atom is 0.192 e. The number of amidine groups is 2. The Morgan fingerprint density at radius 1 is 0.474 bits per heavy atom. The van der Waals surface area contributed by atoms with Gasteiger partial charge in [-0.3, -0.25) is 18.2 Å². The van der Waals surface area contributed by atoms with Crippen molar-refractivity contribution >= 4 is 39.8 Å². The standard InChI is InChI=1S/C30H32N6P2/c1-33(2)37-35(29(25-17-9-5-10-18-25)31-27-21-13-7-14-22-27)38(34(3)4)36(37)30(26-19-11-6-12-20-26)32-28-23-15-8-16-24-28/h5-24H,1-4H3. The number of para-hydroxylation sites is 2. The number of rotatable bonds is 6. The Labute approximate surface area is 228 Å². The van der Waals surface area contributed by atoms with Crippen LogP contribution >= 0.6 is 16.7 Å². The predicted octanol–water partition coefficient (Wildman–Crippen LogP) is 7.74. The Morgan fingerprint density at radius 3 is 1.05 bits per heavy atom. The third-order valence-corrected chi connectivity index (χ3v) is 11.3. The van der Waals surface area contributed by atoms with Gasteiger partial charge in [-0.1, -0.05) is 97.1 Å². The van der Waals surface area contributed by atoms with Crippen LogP contribution in [0.4, 0.5) is 11.4 Å². The summed E-state index contributed by atoms with van der Waals surface area (Å²) in [4.78, 5) is 10.4. The maximum atomic E-state index is 5.22. The lowest BCUT2D eigenvalue weighted by Crippen LogP contribution is -2.50. The lowest BCUT2D eigenvalue weighted by molar-refractivity contribution is 0.539. The predicted molar refractivity (Wildman–Crippen MR) is 163 cm³/mol. The first kappa shape index (κ1) is 26.2. The Hall–Kier alpha value is -3.40. The Morgan fingerprint density at radius 2 is 0.763 bits per heavy atom. The highest BCUT2D eigenvalue weighted by Crippen LogP contribution is 2.78. The zero-order valence-corrected chi connectivity index (χ0v) is 23.9. The fraction of sp³-hybridized carbons (Fsp3) is 0.133. The highest BCUT2D eigenvalue weighted by molar-refractivity contribution is 7.82. The molecule has 38 heavy (non-hydrogen) atoms. The fourth-order valence-corrected chi connectivity index (χ4v) is 10.7. The van der Waals surface area contributed by atoms with E-state index >= 15 is 0 Å². The van der Waals surface area contributed by atoms with Gasteiger partial charge in [-0.15, -0.1) is 0 Å². The minimum absolute atomic E-state index is 0.938. The smallest absolute Gasteiger partial charge is 0.192 e. The summed E-state index contributed by atoms with van der Waals surface area (Å²) in [5.74, 6) is 1.94. The maximum absolute atomic E-state index is 5.22. The molecule has 0 atom stereocenters. The molecule has 4 aromatic carbocycles. The summed E-state index contributed by atoms with van der Waals surface area (Å²) in [7, 11) is 6.68. The molecular weight excluding hydrogens is 506 g/mol. The van der Waals surface area contributed by atoms with E-state index < -0.39 is 16.7 Å². The SMILES string of the molecule is CN(C)P1N(C(=Nc2ccccc2)c2ccccc2)P(N(C)C)N1C(=Nc1ccccc1)c1ccccc1. The molecule has 1 aliphatic heterocycles. The van der Waals surface area contributed by atoms with Gasteiger partial charge in [0.15, 0.2) is 16.7 Å². The van der Waals surface area contributed by atoms with Crippen molar-refractivity contribution in [3.63, 3.8) is 0 Å². The van der Waals surface area contributed by atoms with E-state index in [1.165, 1.54) is 0 Å². The summed E-state index contributed by atoms with van der Waals surface area (Å²) in [6.07, 6.45) is 0. The van der Waals surface area contributed by atoms with Gasteiger partial charge in [0.25, 0.3) is 0 Å². The molecule has 0 saturated carbocycles. The minimum Gasteiger partial charge on any atom is -0.253 e. The third-order valence-electron chi connectivity index (χ3n) is 5.82. The number of hydrogen-bond donors (Lipinski definition) is 0. The highest BCUT2D eigenvalue weighted by atomic mass is 31.3. The second kappa shape index (κ2) is 12.0. The average Bonchev–Trinajstić information content (AvgIpc) is 2.93. The molecule has 1 fully saturated rings. The Balaban J connectivity index is 1.67. The lowest BCUT2D eigenvalue weighted by atomic mass is 10.2. The van der Waals surface area contributed by atoms with Gasteiger partial charge in [-0.2, -0.15) is 0 Å². The molecule has 6 nitrogen and oxygen atoms in total. The van der Waals surface area contributed by atoms with Gasteiger partial charge in [0, 0.05) is 11.1 Å². The van der Waals surface area contributed by atoms with Gasteiger partial charge in [0.2, 0.25) is 0 Å². The second-order valence-electron chi connectivity index (χ2n) is 9.08. The first-order valence-corrected chi connectivity index (χ1v) is 14.9. The molecule has 8 heteroatoms. The molecule has 1 aliphatic rings. The lowest BCUT2D eigenvalue weighted by Gasteiger charge is -2.60. The monoisotopic (exact) mass is 538 g/mol. The zero-order chi connectivity index (χ0) is 26.5. The molecule has 0 aromatic heterocycles. The van der Waals surface area contributed by atoms with E-state index in [1.807, 2.05) is 36.4 Å². The van der Waals surface area contributed by atoms with E-state index in [1.54, 1.807) is 0 Å². The molecule has 1 saturated heterocycles. The molecule has 0 unspecified atom stereocenters. The molecule has 1 heterocycles. The molecule has 0 radical (unpaired) electrons. The molecular formula is C30H32N6P2. The van der Waals surface area contributed by atoms with Crippen LogP contribution < -0.4 is 0 Å². The summed E-state index contributed by atoms with van der Waals surface area (Å²) in [6, 6.07) is 41.4. The second-order valence-corrected chi connectivity index (χ2v) is 14.0. The van der Waals surface area contributed by atoms with Crippen LogP contribution in [0.3, 0.4) is 0 Å². The van der Waals surface area contributed by atoms with Crippen LogP contribution in [0, 0.1) is 0 Å². The molecule has 0 N–H and O–H groups in total. The van der Waals surface area contributed by atoms with Gasteiger partial charge in [0.1, 0.15) is 11.7 Å². The summed E-state index contributed by atoms with van der Waals surface area (Å²) in [5.41, 5.74) is 4.07. The molecule has 0 spiro atoms. The topological polar surface area (TPSA) is 37.7 Å². The van der Waals surface area contributed by atoms with Gasteiger partial charge in [0.05, 0.1) is 11.4 Å². The average molecular weight is 539 g/mol. The number of benzene rings is 4.